The molecule has 0 unspecified atom stereocenters. The summed E-state index contributed by atoms with van der Waals surface area (Å²) < 4.78 is 22.1. The predicted molar refractivity (Wildman–Crippen MR) is 59.7 cm³/mol. The molecule has 1 aromatic heterocycles. The van der Waals surface area contributed by atoms with Crippen LogP contribution >= 0.6 is 11.6 Å². The molecule has 4 nitrogen and oxygen atoms in total. The number of hydrogen-bond acceptors (Lipinski definition) is 3. The molecule has 15 heavy (non-hydrogen) atoms. The number of H-pyrrole nitrogens is 1. The van der Waals surface area contributed by atoms with Gasteiger partial charge in [-0.1, -0.05) is 17.7 Å². The predicted octanol–water partition coefficient (Wildman–Crippen LogP) is 1.76. The number of imidazole rings is 1. The average Bonchev–Trinajstić information content (AvgIpc) is 2.45. The lowest BCUT2D eigenvalue weighted by Gasteiger charge is -1.91. The van der Waals surface area contributed by atoms with Gasteiger partial charge in [-0.2, -0.15) is 0 Å². The third kappa shape index (κ3) is 2.30. The summed E-state index contributed by atoms with van der Waals surface area (Å²) in [6.07, 6.45) is 1.17. The second kappa shape index (κ2) is 3.50. The van der Waals surface area contributed by atoms with Crippen LogP contribution in [0.3, 0.4) is 0 Å². The van der Waals surface area contributed by atoms with Gasteiger partial charge in [-0.3, -0.25) is 0 Å². The first-order valence-corrected chi connectivity index (χ1v) is 6.70. The molecule has 0 saturated carbocycles. The van der Waals surface area contributed by atoms with Gasteiger partial charge >= 0.3 is 0 Å². The highest BCUT2D eigenvalue weighted by Crippen LogP contribution is 2.21. The monoisotopic (exact) mass is 244 g/mol. The Kier molecular flexibility index (Phi) is 2.44. The van der Waals surface area contributed by atoms with Crippen LogP contribution in [0.25, 0.3) is 11.0 Å². The Labute approximate surface area is 92.2 Å². The lowest BCUT2D eigenvalue weighted by atomic mass is 10.3. The fraction of sp³-hybridized carbons (Fsp3) is 0.222. The summed E-state index contributed by atoms with van der Waals surface area (Å²) in [5, 5.41) is 0.517. The van der Waals surface area contributed by atoms with Crippen molar-refractivity contribution in [1.29, 1.82) is 0 Å². The Morgan fingerprint density at radius 2 is 2.20 bits per heavy atom. The first-order valence-electron chi connectivity index (χ1n) is 4.26. The van der Waals surface area contributed by atoms with Crippen molar-refractivity contribution in [2.45, 2.75) is 5.75 Å². The molecule has 1 heterocycles. The molecule has 6 heteroatoms. The number of aromatic amines is 1. The molecule has 0 saturated heterocycles. The molecule has 0 aliphatic rings. The highest BCUT2D eigenvalue weighted by Gasteiger charge is 2.10. The molecular weight excluding hydrogens is 236 g/mol. The Morgan fingerprint density at radius 1 is 1.47 bits per heavy atom. The molecule has 2 aromatic rings. The molecule has 0 aliphatic carbocycles. The number of para-hydroxylation sites is 1. The van der Waals surface area contributed by atoms with Crippen molar-refractivity contribution in [2.75, 3.05) is 6.26 Å². The highest BCUT2D eigenvalue weighted by molar-refractivity contribution is 7.89. The molecule has 0 spiro atoms. The Bertz CT molecular complexity index is 604. The molecule has 0 aliphatic heterocycles. The molecule has 0 fully saturated rings. The number of benzene rings is 1. The molecular formula is C9H9ClN2O2S. The minimum Gasteiger partial charge on any atom is -0.341 e. The van der Waals surface area contributed by atoms with Crippen LogP contribution in [-0.4, -0.2) is 24.6 Å². The largest absolute Gasteiger partial charge is 0.341 e. The van der Waals surface area contributed by atoms with E-state index < -0.39 is 9.84 Å². The normalized spacial score (nSPS) is 12.1. The van der Waals surface area contributed by atoms with E-state index in [0.717, 1.165) is 5.52 Å². The first kappa shape index (κ1) is 10.4. The van der Waals surface area contributed by atoms with Crippen molar-refractivity contribution in [3.05, 3.63) is 29.0 Å². The molecule has 1 aromatic carbocycles. The number of fused-ring (bicyclic) bond motifs is 1. The van der Waals surface area contributed by atoms with E-state index in [9.17, 15) is 8.42 Å². The van der Waals surface area contributed by atoms with E-state index in [2.05, 4.69) is 9.97 Å². The second-order valence-corrected chi connectivity index (χ2v) is 5.94. The number of halogens is 1. The van der Waals surface area contributed by atoms with Crippen LogP contribution in [0, 0.1) is 0 Å². The molecule has 0 bridgehead atoms. The molecule has 0 radical (unpaired) electrons. The van der Waals surface area contributed by atoms with Crippen LogP contribution in [-0.2, 0) is 15.6 Å². The van der Waals surface area contributed by atoms with Gasteiger partial charge in [0, 0.05) is 6.26 Å². The zero-order valence-corrected chi connectivity index (χ0v) is 9.56. The van der Waals surface area contributed by atoms with Crippen LogP contribution in [0.15, 0.2) is 18.2 Å². The maximum atomic E-state index is 11.1. The van der Waals surface area contributed by atoms with Crippen LogP contribution in [0.5, 0.6) is 0 Å². The third-order valence-electron chi connectivity index (χ3n) is 1.91. The fourth-order valence-corrected chi connectivity index (χ4v) is 2.22. The van der Waals surface area contributed by atoms with E-state index in [1.807, 2.05) is 0 Å². The van der Waals surface area contributed by atoms with Crippen molar-refractivity contribution in [2.24, 2.45) is 0 Å². The van der Waals surface area contributed by atoms with Crippen molar-refractivity contribution in [3.8, 4) is 0 Å². The zero-order chi connectivity index (χ0) is 11.1. The van der Waals surface area contributed by atoms with E-state index in [0.29, 0.717) is 16.4 Å². The van der Waals surface area contributed by atoms with Crippen molar-refractivity contribution in [1.82, 2.24) is 9.97 Å². The smallest absolute Gasteiger partial charge is 0.154 e. The molecule has 0 atom stereocenters. The van der Waals surface area contributed by atoms with Gasteiger partial charge in [-0.05, 0) is 12.1 Å². The van der Waals surface area contributed by atoms with Gasteiger partial charge in [-0.25, -0.2) is 13.4 Å². The standard InChI is InChI=1S/C9H9ClN2O2S/c1-15(13,14)5-8-11-7-4-2-3-6(10)9(7)12-8/h2-4H,5H2,1H3,(H,11,12). The Hall–Kier alpha value is -1.07. The summed E-state index contributed by atoms with van der Waals surface area (Å²) in [6.45, 7) is 0. The summed E-state index contributed by atoms with van der Waals surface area (Å²) in [7, 11) is -3.07. The van der Waals surface area contributed by atoms with Gasteiger partial charge in [0.05, 0.1) is 10.5 Å². The van der Waals surface area contributed by atoms with E-state index in [4.69, 9.17) is 11.6 Å². The lowest BCUT2D eigenvalue weighted by molar-refractivity contribution is 0.600. The van der Waals surface area contributed by atoms with Crippen LogP contribution < -0.4 is 0 Å². The quantitative estimate of drug-likeness (QED) is 0.876. The molecule has 1 N–H and O–H groups in total. The molecule has 80 valence electrons. The maximum absolute atomic E-state index is 11.1. The fourth-order valence-electron chi connectivity index (χ4n) is 1.36. The zero-order valence-electron chi connectivity index (χ0n) is 7.99. The minimum absolute atomic E-state index is 0.0992. The van der Waals surface area contributed by atoms with Gasteiger partial charge < -0.3 is 4.98 Å². The summed E-state index contributed by atoms with van der Waals surface area (Å²) in [5.74, 6) is 0.318. The van der Waals surface area contributed by atoms with Gasteiger partial charge in [0.1, 0.15) is 17.1 Å². The van der Waals surface area contributed by atoms with Crippen LogP contribution in [0.1, 0.15) is 5.82 Å². The number of hydrogen-bond donors (Lipinski definition) is 1. The Balaban J connectivity index is 2.53. The summed E-state index contributed by atoms with van der Waals surface area (Å²) in [4.78, 5) is 7.05. The summed E-state index contributed by atoms with van der Waals surface area (Å²) >= 11 is 5.91. The number of aromatic nitrogens is 2. The third-order valence-corrected chi connectivity index (χ3v) is 3.01. The minimum atomic E-state index is -3.07. The summed E-state index contributed by atoms with van der Waals surface area (Å²) in [6, 6.07) is 5.31. The number of nitrogens with one attached hydrogen (secondary N) is 1. The van der Waals surface area contributed by atoms with Gasteiger partial charge in [0.15, 0.2) is 9.84 Å². The van der Waals surface area contributed by atoms with E-state index in [1.165, 1.54) is 6.26 Å². The maximum Gasteiger partial charge on any atom is 0.154 e. The average molecular weight is 245 g/mol. The number of sulfone groups is 1. The van der Waals surface area contributed by atoms with Gasteiger partial charge in [0.2, 0.25) is 0 Å². The van der Waals surface area contributed by atoms with E-state index in [-0.39, 0.29) is 5.75 Å². The van der Waals surface area contributed by atoms with E-state index in [1.54, 1.807) is 18.2 Å². The van der Waals surface area contributed by atoms with Crippen molar-refractivity contribution >= 4 is 32.5 Å². The van der Waals surface area contributed by atoms with Gasteiger partial charge in [-0.15, -0.1) is 0 Å². The highest BCUT2D eigenvalue weighted by atomic mass is 35.5. The van der Waals surface area contributed by atoms with E-state index >= 15 is 0 Å². The van der Waals surface area contributed by atoms with Crippen LogP contribution in [0.4, 0.5) is 0 Å². The summed E-state index contributed by atoms with van der Waals surface area (Å²) in [5.41, 5.74) is 1.36. The number of rotatable bonds is 2. The first-order chi connectivity index (χ1) is 6.96. The molecule has 2 rings (SSSR count). The number of nitrogens with zero attached hydrogens (tertiary/aromatic N) is 1. The van der Waals surface area contributed by atoms with Gasteiger partial charge in [0.25, 0.3) is 0 Å². The lowest BCUT2D eigenvalue weighted by Crippen LogP contribution is -2.01. The SMILES string of the molecule is CS(=O)(=O)Cc1nc2c(Cl)cccc2[nH]1. The van der Waals surface area contributed by atoms with Crippen molar-refractivity contribution < 1.29 is 8.42 Å². The molecule has 0 amide bonds. The van der Waals surface area contributed by atoms with Crippen molar-refractivity contribution in [3.63, 3.8) is 0 Å². The van der Waals surface area contributed by atoms with Crippen LogP contribution in [0.2, 0.25) is 5.02 Å². The second-order valence-electron chi connectivity index (χ2n) is 3.39. The topological polar surface area (TPSA) is 62.8 Å². The Morgan fingerprint density at radius 3 is 2.80 bits per heavy atom.